The van der Waals surface area contributed by atoms with Gasteiger partial charge in [0.2, 0.25) is 0 Å². The first-order valence-corrected chi connectivity index (χ1v) is 11.5. The van der Waals surface area contributed by atoms with E-state index in [4.69, 9.17) is 0 Å². The summed E-state index contributed by atoms with van der Waals surface area (Å²) in [6.07, 6.45) is 10.3. The molecule has 0 aromatic heterocycles. The van der Waals surface area contributed by atoms with E-state index < -0.39 is 0 Å². The molecule has 1 heteroatoms. The van der Waals surface area contributed by atoms with Crippen LogP contribution in [0.4, 0.5) is 0 Å². The van der Waals surface area contributed by atoms with E-state index in [2.05, 4.69) is 45.9 Å². The average molecular weight is 367 g/mol. The Morgan fingerprint density at radius 2 is 1.85 bits per heavy atom. The molecule has 6 atom stereocenters. The Balaban J connectivity index is 1.52. The van der Waals surface area contributed by atoms with Crippen LogP contribution in [0.1, 0.15) is 101 Å². The molecule has 4 rings (SSSR count). The summed E-state index contributed by atoms with van der Waals surface area (Å²) < 4.78 is 0. The molecule has 148 valence electrons. The number of hydrogen-bond donors (Lipinski definition) is 0. The van der Waals surface area contributed by atoms with Gasteiger partial charge in [0.1, 0.15) is 0 Å². The fraction of sp³-hybridized carbons (Fsp3) is 0.731. The summed E-state index contributed by atoms with van der Waals surface area (Å²) in [5, 5.41) is 0. The van der Waals surface area contributed by atoms with Crippen LogP contribution >= 0.6 is 0 Å². The maximum absolute atomic E-state index is 12.9. The lowest BCUT2D eigenvalue weighted by Crippen LogP contribution is -2.44. The number of fused-ring (bicyclic) bond motifs is 5. The van der Waals surface area contributed by atoms with Crippen LogP contribution in [0.2, 0.25) is 0 Å². The molecule has 1 aromatic carbocycles. The van der Waals surface area contributed by atoms with Crippen molar-refractivity contribution in [2.75, 3.05) is 0 Å². The predicted octanol–water partition coefficient (Wildman–Crippen LogP) is 7.26. The quantitative estimate of drug-likeness (QED) is 0.536. The van der Waals surface area contributed by atoms with Crippen molar-refractivity contribution in [3.63, 3.8) is 0 Å². The van der Waals surface area contributed by atoms with Crippen LogP contribution in [0.15, 0.2) is 24.3 Å². The molecule has 0 bridgehead atoms. The first-order chi connectivity index (χ1) is 12.9. The summed E-state index contributed by atoms with van der Waals surface area (Å²) in [5.41, 5.74) is 2.86. The number of carbonyl (C=O) groups excluding carboxylic acids is 1. The molecule has 27 heavy (non-hydrogen) atoms. The van der Waals surface area contributed by atoms with E-state index in [-0.39, 0.29) is 0 Å². The highest BCUT2D eigenvalue weighted by atomic mass is 16.1. The third-order valence-electron chi connectivity index (χ3n) is 8.72. The van der Waals surface area contributed by atoms with Gasteiger partial charge in [-0.25, -0.2) is 0 Å². The van der Waals surface area contributed by atoms with Gasteiger partial charge in [-0.1, -0.05) is 71.2 Å². The Morgan fingerprint density at radius 1 is 1.07 bits per heavy atom. The van der Waals surface area contributed by atoms with Crippen LogP contribution in [-0.2, 0) is 0 Å². The van der Waals surface area contributed by atoms with Gasteiger partial charge in [0, 0.05) is 12.0 Å². The van der Waals surface area contributed by atoms with E-state index in [1.807, 2.05) is 6.07 Å². The van der Waals surface area contributed by atoms with Crippen LogP contribution in [-0.4, -0.2) is 5.78 Å². The molecule has 2 unspecified atom stereocenters. The van der Waals surface area contributed by atoms with Crippen molar-refractivity contribution in [2.24, 2.45) is 35.0 Å². The largest absolute Gasteiger partial charge is 0.294 e. The summed E-state index contributed by atoms with van der Waals surface area (Å²) >= 11 is 0. The van der Waals surface area contributed by atoms with Crippen molar-refractivity contribution in [1.82, 2.24) is 0 Å². The minimum absolute atomic E-state index is 0.407. The Morgan fingerprint density at radius 3 is 2.63 bits per heavy atom. The third-order valence-corrected chi connectivity index (χ3v) is 8.72. The van der Waals surface area contributed by atoms with Gasteiger partial charge in [0.05, 0.1) is 0 Å². The number of rotatable bonds is 5. The second-order valence-electron chi connectivity index (χ2n) is 10.6. The molecule has 0 saturated heterocycles. The Kier molecular flexibility index (Phi) is 5.25. The zero-order valence-corrected chi connectivity index (χ0v) is 17.8. The minimum atomic E-state index is 0.407. The molecule has 2 saturated carbocycles. The molecule has 0 aliphatic heterocycles. The highest BCUT2D eigenvalue weighted by Crippen LogP contribution is 2.64. The molecule has 3 aliphatic carbocycles. The average Bonchev–Trinajstić information content (AvgIpc) is 2.99. The van der Waals surface area contributed by atoms with E-state index in [9.17, 15) is 4.79 Å². The van der Waals surface area contributed by atoms with E-state index in [0.717, 1.165) is 35.7 Å². The van der Waals surface area contributed by atoms with E-state index >= 15 is 0 Å². The maximum Gasteiger partial charge on any atom is 0.163 e. The Hall–Kier alpha value is -1.11. The maximum atomic E-state index is 12.9. The van der Waals surface area contributed by atoms with Crippen LogP contribution in [0.3, 0.4) is 0 Å². The SMILES string of the molecule is CC(C)CCCC(C)C1CC[C@H]2[C@@H]3CC(=O)c4ccccc4[C@H]3CC[C@]12C. The van der Waals surface area contributed by atoms with Crippen molar-refractivity contribution in [3.8, 4) is 0 Å². The van der Waals surface area contributed by atoms with Gasteiger partial charge in [0.25, 0.3) is 0 Å². The highest BCUT2D eigenvalue weighted by molar-refractivity contribution is 5.99. The molecule has 0 spiro atoms. The highest BCUT2D eigenvalue weighted by Gasteiger charge is 2.56. The third kappa shape index (κ3) is 3.30. The molecular formula is C26H38O. The summed E-state index contributed by atoms with van der Waals surface area (Å²) in [6, 6.07) is 8.48. The predicted molar refractivity (Wildman–Crippen MR) is 113 cm³/mol. The van der Waals surface area contributed by atoms with Gasteiger partial charge in [-0.3, -0.25) is 4.79 Å². The molecular weight excluding hydrogens is 328 g/mol. The molecule has 2 fully saturated rings. The molecule has 0 heterocycles. The van der Waals surface area contributed by atoms with Crippen LogP contribution in [0.5, 0.6) is 0 Å². The normalized spacial score (nSPS) is 36.3. The van der Waals surface area contributed by atoms with E-state index in [1.165, 1.54) is 50.5 Å². The van der Waals surface area contributed by atoms with Gasteiger partial charge in [-0.2, -0.15) is 0 Å². The first-order valence-electron chi connectivity index (χ1n) is 11.5. The lowest BCUT2D eigenvalue weighted by Gasteiger charge is -2.51. The number of Topliss-reactive ketones (excluding diaryl/α,β-unsaturated/α-hetero) is 1. The number of carbonyl (C=O) groups is 1. The van der Waals surface area contributed by atoms with Crippen molar-refractivity contribution < 1.29 is 4.79 Å². The minimum Gasteiger partial charge on any atom is -0.294 e. The first kappa shape index (κ1) is 19.2. The summed E-state index contributed by atoms with van der Waals surface area (Å²) in [5.74, 6) is 4.92. The van der Waals surface area contributed by atoms with Crippen LogP contribution in [0, 0.1) is 35.0 Å². The van der Waals surface area contributed by atoms with Gasteiger partial charge in [0.15, 0.2) is 5.78 Å². The second kappa shape index (κ2) is 7.37. The van der Waals surface area contributed by atoms with E-state index in [1.54, 1.807) is 0 Å². The molecule has 0 N–H and O–H groups in total. The summed E-state index contributed by atoms with van der Waals surface area (Å²) in [6.45, 7) is 9.80. The molecule has 3 aliphatic rings. The van der Waals surface area contributed by atoms with Gasteiger partial charge < -0.3 is 0 Å². The van der Waals surface area contributed by atoms with E-state index in [0.29, 0.717) is 23.0 Å². The zero-order valence-electron chi connectivity index (χ0n) is 17.8. The van der Waals surface area contributed by atoms with Crippen molar-refractivity contribution in [3.05, 3.63) is 35.4 Å². The summed E-state index contributed by atoms with van der Waals surface area (Å²) in [7, 11) is 0. The van der Waals surface area contributed by atoms with Crippen LogP contribution in [0.25, 0.3) is 0 Å². The monoisotopic (exact) mass is 366 g/mol. The molecule has 0 radical (unpaired) electrons. The van der Waals surface area contributed by atoms with Crippen molar-refractivity contribution in [2.45, 2.75) is 85.0 Å². The number of hydrogen-bond acceptors (Lipinski definition) is 1. The molecule has 1 nitrogen and oxygen atoms in total. The molecule has 1 aromatic rings. The fourth-order valence-electron chi connectivity index (χ4n) is 7.38. The van der Waals surface area contributed by atoms with Gasteiger partial charge in [-0.15, -0.1) is 0 Å². The van der Waals surface area contributed by atoms with Gasteiger partial charge in [-0.05, 0) is 72.2 Å². The van der Waals surface area contributed by atoms with Crippen molar-refractivity contribution >= 4 is 5.78 Å². The smallest absolute Gasteiger partial charge is 0.163 e. The Labute approximate surface area is 166 Å². The lowest BCUT2D eigenvalue weighted by molar-refractivity contribution is 0.0109. The Bertz CT molecular complexity index is 689. The number of benzene rings is 1. The molecule has 0 amide bonds. The van der Waals surface area contributed by atoms with Crippen LogP contribution < -0.4 is 0 Å². The lowest BCUT2D eigenvalue weighted by atomic mass is 9.53. The summed E-state index contributed by atoms with van der Waals surface area (Å²) in [4.78, 5) is 12.9. The second-order valence-corrected chi connectivity index (χ2v) is 10.6. The fourth-order valence-corrected chi connectivity index (χ4v) is 7.38. The number of ketones is 1. The van der Waals surface area contributed by atoms with Crippen molar-refractivity contribution in [1.29, 1.82) is 0 Å². The zero-order chi connectivity index (χ0) is 19.2. The topological polar surface area (TPSA) is 17.1 Å². The van der Waals surface area contributed by atoms with Gasteiger partial charge >= 0.3 is 0 Å². The standard InChI is InChI=1S/C26H38O/c1-17(2)8-7-9-18(3)23-12-13-24-22-16-25(27)21-11-6-5-10-19(21)20(22)14-15-26(23,24)4/h5-6,10-11,17-18,20,22-24H,7-9,12-16H2,1-4H3/t18?,20-,22-,23?,24+,26-/m1/s1.